The number of amides is 1. The molecule has 1 aliphatic rings. The lowest BCUT2D eigenvalue weighted by atomic mass is 10.1. The first-order valence-corrected chi connectivity index (χ1v) is 5.85. The number of aromatic nitrogens is 2. The van der Waals surface area contributed by atoms with Gasteiger partial charge in [-0.25, -0.2) is 9.78 Å². The van der Waals surface area contributed by atoms with Crippen molar-refractivity contribution in [2.45, 2.75) is 32.4 Å². The van der Waals surface area contributed by atoms with Gasteiger partial charge in [0.25, 0.3) is 0 Å². The van der Waals surface area contributed by atoms with Crippen LogP contribution in [0.1, 0.15) is 37.3 Å². The van der Waals surface area contributed by atoms with Crippen LogP contribution >= 0.6 is 0 Å². The lowest BCUT2D eigenvalue weighted by molar-refractivity contribution is 0.00105. The van der Waals surface area contributed by atoms with Crippen molar-refractivity contribution < 1.29 is 14.3 Å². The smallest absolute Gasteiger partial charge is 0.410 e. The number of hydrogen-bond donors (Lipinski definition) is 0. The topological polar surface area (TPSA) is 64.4 Å². The number of ether oxygens (including phenoxy) is 1. The molecule has 1 fully saturated rings. The Morgan fingerprint density at radius 3 is 2.67 bits per heavy atom. The Kier molecular flexibility index (Phi) is 3.11. The van der Waals surface area contributed by atoms with Crippen LogP contribution in [0.4, 0.5) is 4.79 Å². The minimum absolute atomic E-state index is 0.179. The SMILES string of the molecule is CC(C)(C)OC(=O)N1CC(n2cnc(C=O)c2)C1. The Morgan fingerprint density at radius 1 is 1.50 bits per heavy atom. The van der Waals surface area contributed by atoms with Crippen molar-refractivity contribution in [2.75, 3.05) is 13.1 Å². The third kappa shape index (κ3) is 2.69. The molecule has 0 bridgehead atoms. The third-order valence-electron chi connectivity index (χ3n) is 2.68. The van der Waals surface area contributed by atoms with Gasteiger partial charge in [-0.2, -0.15) is 0 Å². The van der Waals surface area contributed by atoms with Gasteiger partial charge in [-0.05, 0) is 20.8 Å². The summed E-state index contributed by atoms with van der Waals surface area (Å²) in [6.45, 7) is 6.70. The number of hydrogen-bond acceptors (Lipinski definition) is 4. The van der Waals surface area contributed by atoms with Crippen LogP contribution in [0.5, 0.6) is 0 Å². The first kappa shape index (κ1) is 12.6. The predicted octanol–water partition coefficient (Wildman–Crippen LogP) is 1.49. The number of nitrogens with zero attached hydrogens (tertiary/aromatic N) is 3. The molecule has 98 valence electrons. The normalized spacial score (nSPS) is 16.3. The number of likely N-dealkylation sites (tertiary alicyclic amines) is 1. The minimum Gasteiger partial charge on any atom is -0.444 e. The van der Waals surface area contributed by atoms with Crippen LogP contribution in [0.15, 0.2) is 12.5 Å². The summed E-state index contributed by atoms with van der Waals surface area (Å²) in [5.74, 6) is 0. The fourth-order valence-electron chi connectivity index (χ4n) is 1.73. The van der Waals surface area contributed by atoms with Gasteiger partial charge in [0.15, 0.2) is 6.29 Å². The minimum atomic E-state index is -0.470. The summed E-state index contributed by atoms with van der Waals surface area (Å²) in [5, 5.41) is 0. The Balaban J connectivity index is 1.87. The molecule has 1 aromatic rings. The van der Waals surface area contributed by atoms with Gasteiger partial charge in [-0.3, -0.25) is 4.79 Å². The van der Waals surface area contributed by atoms with E-state index < -0.39 is 5.60 Å². The van der Waals surface area contributed by atoms with Gasteiger partial charge in [-0.15, -0.1) is 0 Å². The summed E-state index contributed by atoms with van der Waals surface area (Å²) in [4.78, 5) is 27.8. The molecule has 1 aromatic heterocycles. The van der Waals surface area contributed by atoms with Crippen molar-refractivity contribution in [3.8, 4) is 0 Å². The van der Waals surface area contributed by atoms with Crippen LogP contribution in [0.25, 0.3) is 0 Å². The molecule has 0 aromatic carbocycles. The summed E-state index contributed by atoms with van der Waals surface area (Å²) < 4.78 is 7.11. The van der Waals surface area contributed by atoms with E-state index in [0.717, 1.165) is 0 Å². The van der Waals surface area contributed by atoms with Crippen molar-refractivity contribution in [3.63, 3.8) is 0 Å². The van der Waals surface area contributed by atoms with E-state index in [1.165, 1.54) is 0 Å². The molecule has 18 heavy (non-hydrogen) atoms. The summed E-state index contributed by atoms with van der Waals surface area (Å²) >= 11 is 0. The average Bonchev–Trinajstić information content (AvgIpc) is 2.60. The number of carbonyl (C=O) groups excluding carboxylic acids is 2. The standard InChI is InChI=1S/C12H17N3O3/c1-12(2,3)18-11(17)14-5-10(6-14)15-4-9(7-16)13-8-15/h4,7-8,10H,5-6H2,1-3H3. The maximum absolute atomic E-state index is 11.7. The van der Waals surface area contributed by atoms with Gasteiger partial charge in [-0.1, -0.05) is 0 Å². The zero-order valence-electron chi connectivity index (χ0n) is 10.8. The fourth-order valence-corrected chi connectivity index (χ4v) is 1.73. The summed E-state index contributed by atoms with van der Waals surface area (Å²) in [6.07, 6.45) is 3.71. The lowest BCUT2D eigenvalue weighted by Gasteiger charge is -2.40. The molecule has 1 amide bonds. The first-order valence-electron chi connectivity index (χ1n) is 5.85. The van der Waals surface area contributed by atoms with Gasteiger partial charge in [0.2, 0.25) is 0 Å². The molecule has 0 atom stereocenters. The molecular weight excluding hydrogens is 234 g/mol. The van der Waals surface area contributed by atoms with E-state index in [2.05, 4.69) is 4.98 Å². The van der Waals surface area contributed by atoms with E-state index >= 15 is 0 Å². The van der Waals surface area contributed by atoms with Gasteiger partial charge in [0, 0.05) is 19.3 Å². The Labute approximate surface area is 106 Å². The number of carbonyl (C=O) groups is 2. The zero-order valence-corrected chi connectivity index (χ0v) is 10.8. The van der Waals surface area contributed by atoms with E-state index in [4.69, 9.17) is 4.74 Å². The summed E-state index contributed by atoms with van der Waals surface area (Å²) in [5.41, 5.74) is -0.0623. The van der Waals surface area contributed by atoms with Gasteiger partial charge in [0.1, 0.15) is 11.3 Å². The van der Waals surface area contributed by atoms with E-state index in [9.17, 15) is 9.59 Å². The second-order valence-electron chi connectivity index (χ2n) is 5.40. The van der Waals surface area contributed by atoms with Gasteiger partial charge >= 0.3 is 6.09 Å². The Hall–Kier alpha value is -1.85. The van der Waals surface area contributed by atoms with Crippen LogP contribution in [0, 0.1) is 0 Å². The quantitative estimate of drug-likeness (QED) is 0.747. The molecule has 1 aliphatic heterocycles. The molecule has 2 heterocycles. The highest BCUT2D eigenvalue weighted by Gasteiger charge is 2.34. The Morgan fingerprint density at radius 2 is 2.17 bits per heavy atom. The van der Waals surface area contributed by atoms with Gasteiger partial charge in [0.05, 0.1) is 12.4 Å². The molecule has 2 rings (SSSR count). The number of imidazole rings is 1. The van der Waals surface area contributed by atoms with Crippen molar-refractivity contribution >= 4 is 12.4 Å². The van der Waals surface area contributed by atoms with Crippen LogP contribution in [0.3, 0.4) is 0 Å². The average molecular weight is 251 g/mol. The molecule has 1 saturated heterocycles. The van der Waals surface area contributed by atoms with Crippen LogP contribution < -0.4 is 0 Å². The summed E-state index contributed by atoms with van der Waals surface area (Å²) in [6, 6.07) is 0.179. The second kappa shape index (κ2) is 4.44. The number of rotatable bonds is 2. The van der Waals surface area contributed by atoms with Gasteiger partial charge < -0.3 is 14.2 Å². The van der Waals surface area contributed by atoms with E-state index in [0.29, 0.717) is 25.1 Å². The molecular formula is C12H17N3O3. The lowest BCUT2D eigenvalue weighted by Crippen LogP contribution is -2.52. The Bertz CT molecular complexity index is 455. The van der Waals surface area contributed by atoms with Crippen LogP contribution in [0.2, 0.25) is 0 Å². The highest BCUT2D eigenvalue weighted by Crippen LogP contribution is 2.23. The van der Waals surface area contributed by atoms with E-state index in [1.807, 2.05) is 25.3 Å². The molecule has 0 radical (unpaired) electrons. The molecule has 6 heteroatoms. The monoisotopic (exact) mass is 251 g/mol. The summed E-state index contributed by atoms with van der Waals surface area (Å²) in [7, 11) is 0. The molecule has 6 nitrogen and oxygen atoms in total. The highest BCUT2D eigenvalue weighted by atomic mass is 16.6. The second-order valence-corrected chi connectivity index (χ2v) is 5.40. The van der Waals surface area contributed by atoms with Crippen LogP contribution in [-0.4, -0.2) is 45.5 Å². The third-order valence-corrected chi connectivity index (χ3v) is 2.68. The van der Waals surface area contributed by atoms with E-state index in [-0.39, 0.29) is 12.1 Å². The highest BCUT2D eigenvalue weighted by molar-refractivity contribution is 5.71. The maximum Gasteiger partial charge on any atom is 0.410 e. The molecule has 0 spiro atoms. The zero-order chi connectivity index (χ0) is 13.3. The maximum atomic E-state index is 11.7. The molecule has 0 saturated carbocycles. The fraction of sp³-hybridized carbons (Fsp3) is 0.583. The first-order chi connectivity index (χ1) is 8.39. The molecule has 0 unspecified atom stereocenters. The van der Waals surface area contributed by atoms with Crippen LogP contribution in [-0.2, 0) is 4.74 Å². The van der Waals surface area contributed by atoms with E-state index in [1.54, 1.807) is 17.4 Å². The molecule has 0 N–H and O–H groups in total. The predicted molar refractivity (Wildman–Crippen MR) is 64.5 cm³/mol. The molecule has 0 aliphatic carbocycles. The largest absolute Gasteiger partial charge is 0.444 e. The number of aldehydes is 1. The van der Waals surface area contributed by atoms with Crippen molar-refractivity contribution in [3.05, 3.63) is 18.2 Å². The van der Waals surface area contributed by atoms with Crippen molar-refractivity contribution in [2.24, 2.45) is 0 Å². The van der Waals surface area contributed by atoms with Crippen molar-refractivity contribution in [1.82, 2.24) is 14.5 Å². The van der Waals surface area contributed by atoms with Crippen molar-refractivity contribution in [1.29, 1.82) is 0 Å².